The SMILES string of the molecule is CC1(C)c2ccccc2-c2c1ccc1c2c2ccccc2n1-c1ccc([Si](c2ccccc2)(c2ccccc2)c2ccc(-n3c4ccccc4c4ccccc43)cc2)cc1. The molecule has 0 spiro atoms. The van der Waals surface area contributed by atoms with Crippen LogP contribution in [0.3, 0.4) is 0 Å². The molecule has 0 saturated heterocycles. The molecule has 0 atom stereocenters. The van der Waals surface area contributed by atoms with Crippen molar-refractivity contribution >= 4 is 72.4 Å². The van der Waals surface area contributed by atoms with Crippen molar-refractivity contribution < 1.29 is 0 Å². The average Bonchev–Trinajstić information content (AvgIpc) is 3.91. The number of hydrogen-bond acceptors (Lipinski definition) is 0. The molecule has 1 aliphatic rings. The Kier molecular flexibility index (Phi) is 7.63. The molecule has 0 aliphatic heterocycles. The molecule has 0 amide bonds. The quantitative estimate of drug-likeness (QED) is 0.117. The third-order valence-corrected chi connectivity index (χ3v) is 18.3. The van der Waals surface area contributed by atoms with Gasteiger partial charge in [-0.2, -0.15) is 0 Å². The number of benzene rings is 9. The third kappa shape index (κ3) is 4.81. The van der Waals surface area contributed by atoms with Crippen LogP contribution in [0.4, 0.5) is 0 Å². The van der Waals surface area contributed by atoms with Crippen LogP contribution in [0, 0.1) is 0 Å². The monoisotopic (exact) mass is 782 g/mol. The Labute approximate surface area is 351 Å². The molecule has 284 valence electrons. The zero-order valence-electron chi connectivity index (χ0n) is 33.7. The normalized spacial score (nSPS) is 13.3. The summed E-state index contributed by atoms with van der Waals surface area (Å²) in [7, 11) is -2.82. The smallest absolute Gasteiger partial charge is 0.179 e. The Morgan fingerprint density at radius 2 is 0.750 bits per heavy atom. The molecule has 2 aromatic heterocycles. The van der Waals surface area contributed by atoms with Crippen LogP contribution in [0.25, 0.3) is 66.1 Å². The van der Waals surface area contributed by atoms with E-state index in [-0.39, 0.29) is 5.41 Å². The van der Waals surface area contributed by atoms with Crippen LogP contribution >= 0.6 is 0 Å². The van der Waals surface area contributed by atoms with Gasteiger partial charge in [-0.1, -0.05) is 184 Å². The van der Waals surface area contributed by atoms with Gasteiger partial charge >= 0.3 is 0 Å². The minimum atomic E-state index is -2.82. The fraction of sp³-hybridized carbons (Fsp3) is 0.0526. The average molecular weight is 783 g/mol. The second kappa shape index (κ2) is 13.2. The molecule has 2 nitrogen and oxygen atoms in total. The Bertz CT molecular complexity index is 3330. The van der Waals surface area contributed by atoms with Gasteiger partial charge in [0.05, 0.1) is 22.1 Å². The van der Waals surface area contributed by atoms with Gasteiger partial charge in [0, 0.05) is 38.3 Å². The zero-order chi connectivity index (χ0) is 40.0. The lowest BCUT2D eigenvalue weighted by atomic mass is 9.82. The van der Waals surface area contributed by atoms with Gasteiger partial charge in [0.2, 0.25) is 0 Å². The Morgan fingerprint density at radius 1 is 0.333 bits per heavy atom. The summed E-state index contributed by atoms with van der Waals surface area (Å²) in [5, 5.41) is 10.6. The number of nitrogens with zero attached hydrogens (tertiary/aromatic N) is 2. The van der Waals surface area contributed by atoms with Crippen LogP contribution < -0.4 is 20.7 Å². The number of para-hydroxylation sites is 3. The fourth-order valence-corrected chi connectivity index (χ4v) is 15.5. The van der Waals surface area contributed by atoms with E-state index in [1.165, 1.54) is 98.0 Å². The van der Waals surface area contributed by atoms with E-state index < -0.39 is 8.07 Å². The second-order valence-corrected chi connectivity index (χ2v) is 20.7. The Balaban J connectivity index is 1.06. The van der Waals surface area contributed by atoms with Gasteiger partial charge in [0.15, 0.2) is 8.07 Å². The molecule has 0 N–H and O–H groups in total. The highest BCUT2D eigenvalue weighted by molar-refractivity contribution is 7.19. The largest absolute Gasteiger partial charge is 0.309 e. The van der Waals surface area contributed by atoms with Gasteiger partial charge in [-0.05, 0) is 91.5 Å². The summed E-state index contributed by atoms with van der Waals surface area (Å²) in [6, 6.07) is 81.8. The fourth-order valence-electron chi connectivity index (χ4n) is 10.8. The molecule has 12 rings (SSSR count). The van der Waals surface area contributed by atoms with Crippen molar-refractivity contribution in [2.75, 3.05) is 0 Å². The van der Waals surface area contributed by atoms with Gasteiger partial charge in [-0.3, -0.25) is 0 Å². The summed E-state index contributed by atoms with van der Waals surface area (Å²) in [5.74, 6) is 0. The Morgan fingerprint density at radius 3 is 1.30 bits per heavy atom. The van der Waals surface area contributed by atoms with E-state index in [0.29, 0.717) is 0 Å². The zero-order valence-corrected chi connectivity index (χ0v) is 34.7. The molecule has 0 bridgehead atoms. The molecule has 3 heteroatoms. The minimum absolute atomic E-state index is 0.0601. The first-order valence-electron chi connectivity index (χ1n) is 21.0. The van der Waals surface area contributed by atoms with Crippen LogP contribution in [-0.4, -0.2) is 17.2 Å². The third-order valence-electron chi connectivity index (χ3n) is 13.5. The maximum atomic E-state index is 2.48. The second-order valence-electron chi connectivity index (χ2n) is 16.9. The van der Waals surface area contributed by atoms with Gasteiger partial charge in [0.1, 0.15) is 0 Å². The summed E-state index contributed by atoms with van der Waals surface area (Å²) in [6.07, 6.45) is 0. The lowest BCUT2D eigenvalue weighted by Crippen LogP contribution is -2.74. The van der Waals surface area contributed by atoms with Crippen LogP contribution in [0.5, 0.6) is 0 Å². The van der Waals surface area contributed by atoms with E-state index in [1.807, 2.05) is 0 Å². The summed E-state index contributed by atoms with van der Waals surface area (Å²) >= 11 is 0. The van der Waals surface area contributed by atoms with Gasteiger partial charge in [0.25, 0.3) is 0 Å². The van der Waals surface area contributed by atoms with E-state index in [1.54, 1.807) is 0 Å². The van der Waals surface area contributed by atoms with Crippen LogP contribution in [0.2, 0.25) is 0 Å². The van der Waals surface area contributed by atoms with Crippen LogP contribution in [0.1, 0.15) is 25.0 Å². The van der Waals surface area contributed by atoms with Crippen molar-refractivity contribution in [1.29, 1.82) is 0 Å². The molecular formula is C57H42N2Si. The molecule has 0 radical (unpaired) electrons. The van der Waals surface area contributed by atoms with Crippen molar-refractivity contribution in [1.82, 2.24) is 9.13 Å². The highest BCUT2D eigenvalue weighted by Crippen LogP contribution is 2.53. The van der Waals surface area contributed by atoms with Gasteiger partial charge in [-0.25, -0.2) is 0 Å². The molecule has 9 aromatic carbocycles. The van der Waals surface area contributed by atoms with Crippen LogP contribution in [-0.2, 0) is 5.41 Å². The predicted octanol–water partition coefficient (Wildman–Crippen LogP) is 11.6. The maximum Gasteiger partial charge on any atom is 0.179 e. The standard InChI is InChI=1S/C57H42N2Si/c1-57(2)49-25-13-9-23-47(49)55-50(57)37-38-54-56(55)48-24-12-16-28-53(48)59(54)40-31-35-44(36-32-40)60(41-17-5-3-6-18-41,42-19-7-4-8-20-42)43-33-29-39(30-34-43)58-51-26-14-10-21-45(51)46-22-11-15-27-52(46)58/h3-38H,1-2H3. The lowest BCUT2D eigenvalue weighted by Gasteiger charge is -2.34. The van der Waals surface area contributed by atoms with Crippen LogP contribution in [0.15, 0.2) is 218 Å². The molecule has 11 aromatic rings. The summed E-state index contributed by atoms with van der Waals surface area (Å²) in [5.41, 5.74) is 12.7. The first-order valence-corrected chi connectivity index (χ1v) is 23.0. The Hall–Kier alpha value is -7.20. The van der Waals surface area contributed by atoms with E-state index in [4.69, 9.17) is 0 Å². The number of aromatic nitrogens is 2. The number of fused-ring (bicyclic) bond motifs is 10. The predicted molar refractivity (Wildman–Crippen MR) is 256 cm³/mol. The highest BCUT2D eigenvalue weighted by atomic mass is 28.3. The van der Waals surface area contributed by atoms with Crippen molar-refractivity contribution in [2.45, 2.75) is 19.3 Å². The molecule has 0 fully saturated rings. The van der Waals surface area contributed by atoms with E-state index in [9.17, 15) is 0 Å². The number of rotatable bonds is 6. The molecule has 2 heterocycles. The summed E-state index contributed by atoms with van der Waals surface area (Å²) in [4.78, 5) is 0. The number of hydrogen-bond donors (Lipinski definition) is 0. The molecule has 60 heavy (non-hydrogen) atoms. The molecule has 1 aliphatic carbocycles. The molecule has 0 saturated carbocycles. The summed E-state index contributed by atoms with van der Waals surface area (Å²) in [6.45, 7) is 4.74. The van der Waals surface area contributed by atoms with E-state index in [0.717, 1.165) is 0 Å². The first kappa shape index (κ1) is 34.8. The molecule has 0 unspecified atom stereocenters. The topological polar surface area (TPSA) is 9.86 Å². The van der Waals surface area contributed by atoms with E-state index >= 15 is 0 Å². The van der Waals surface area contributed by atoms with Crippen molar-refractivity contribution in [2.24, 2.45) is 0 Å². The van der Waals surface area contributed by atoms with Crippen molar-refractivity contribution in [3.8, 4) is 22.5 Å². The van der Waals surface area contributed by atoms with Crippen molar-refractivity contribution in [3.63, 3.8) is 0 Å². The highest BCUT2D eigenvalue weighted by Gasteiger charge is 2.42. The van der Waals surface area contributed by atoms with Gasteiger partial charge in [-0.15, -0.1) is 0 Å². The van der Waals surface area contributed by atoms with E-state index in [2.05, 4.69) is 241 Å². The first-order chi connectivity index (χ1) is 29.5. The minimum Gasteiger partial charge on any atom is -0.309 e. The maximum absolute atomic E-state index is 2.82. The van der Waals surface area contributed by atoms with Crippen molar-refractivity contribution in [3.05, 3.63) is 230 Å². The summed E-state index contributed by atoms with van der Waals surface area (Å²) < 4.78 is 4.90. The molecular weight excluding hydrogens is 741 g/mol. The van der Waals surface area contributed by atoms with Gasteiger partial charge < -0.3 is 9.13 Å². The lowest BCUT2D eigenvalue weighted by molar-refractivity contribution is 0.661.